The molecule has 31 heavy (non-hydrogen) atoms. The van der Waals surface area contributed by atoms with Crippen LogP contribution in [-0.4, -0.2) is 30.4 Å². The fourth-order valence-corrected chi connectivity index (χ4v) is 2.85. The van der Waals surface area contributed by atoms with Crippen molar-refractivity contribution in [3.8, 4) is 0 Å². The molecular weight excluding hydrogens is 399 g/mol. The van der Waals surface area contributed by atoms with Crippen LogP contribution in [0, 0.1) is 11.7 Å². The van der Waals surface area contributed by atoms with Gasteiger partial charge in [-0.25, -0.2) is 9.18 Å². The normalized spacial score (nSPS) is 12.2. The molecule has 0 radical (unpaired) electrons. The topological polar surface area (TPSA) is 84.5 Å². The summed E-state index contributed by atoms with van der Waals surface area (Å²) in [5.74, 6) is -2.26. The quantitative estimate of drug-likeness (QED) is 0.473. The molecule has 0 aromatic heterocycles. The second kappa shape index (κ2) is 11.6. The molecule has 0 bridgehead atoms. The van der Waals surface area contributed by atoms with Gasteiger partial charge in [0.1, 0.15) is 17.6 Å². The van der Waals surface area contributed by atoms with Crippen LogP contribution in [0.2, 0.25) is 0 Å². The molecule has 1 atom stereocenters. The number of hydrogen-bond acceptors (Lipinski definition) is 4. The van der Waals surface area contributed by atoms with Gasteiger partial charge in [-0.15, -0.1) is 0 Å². The van der Waals surface area contributed by atoms with E-state index in [1.54, 1.807) is 43.3 Å². The van der Waals surface area contributed by atoms with Crippen molar-refractivity contribution in [3.05, 3.63) is 77.2 Å². The number of rotatable bonds is 9. The van der Waals surface area contributed by atoms with E-state index in [1.807, 2.05) is 13.8 Å². The third-order valence-electron chi connectivity index (χ3n) is 4.32. The molecule has 2 aromatic carbocycles. The van der Waals surface area contributed by atoms with E-state index >= 15 is 0 Å². The number of carbonyl (C=O) groups excluding carboxylic acids is 3. The first-order chi connectivity index (χ1) is 14.8. The summed E-state index contributed by atoms with van der Waals surface area (Å²) in [4.78, 5) is 37.9. The van der Waals surface area contributed by atoms with Crippen LogP contribution in [0.3, 0.4) is 0 Å². The lowest BCUT2D eigenvalue weighted by Crippen LogP contribution is -2.45. The Morgan fingerprint density at radius 1 is 1.03 bits per heavy atom. The molecule has 6 nitrogen and oxygen atoms in total. The van der Waals surface area contributed by atoms with E-state index in [0.29, 0.717) is 12.0 Å². The number of benzene rings is 2. The molecule has 7 heteroatoms. The molecule has 0 aliphatic heterocycles. The minimum absolute atomic E-state index is 0.104. The van der Waals surface area contributed by atoms with Crippen LogP contribution in [0.1, 0.15) is 43.1 Å². The predicted octanol–water partition coefficient (Wildman–Crippen LogP) is 3.69. The molecule has 0 spiro atoms. The highest BCUT2D eigenvalue weighted by Gasteiger charge is 2.25. The molecule has 0 fully saturated rings. The molecule has 164 valence electrons. The SMILES string of the molecule is CCOC(=O)[C@H](CC(C)C)NC(=O)C(=Cc1ccccc1F)NC(=O)c1ccccc1. The smallest absolute Gasteiger partial charge is 0.328 e. The summed E-state index contributed by atoms with van der Waals surface area (Å²) in [5, 5.41) is 5.14. The third-order valence-corrected chi connectivity index (χ3v) is 4.32. The van der Waals surface area contributed by atoms with E-state index in [-0.39, 0.29) is 23.8 Å². The molecule has 2 rings (SSSR count). The second-order valence-electron chi connectivity index (χ2n) is 7.31. The van der Waals surface area contributed by atoms with E-state index in [0.717, 1.165) is 0 Å². The van der Waals surface area contributed by atoms with Crippen LogP contribution in [0.5, 0.6) is 0 Å². The van der Waals surface area contributed by atoms with Crippen molar-refractivity contribution in [2.24, 2.45) is 5.92 Å². The lowest BCUT2D eigenvalue weighted by Gasteiger charge is -2.20. The van der Waals surface area contributed by atoms with E-state index < -0.39 is 29.6 Å². The third kappa shape index (κ3) is 7.37. The van der Waals surface area contributed by atoms with Gasteiger partial charge in [-0.3, -0.25) is 9.59 Å². The summed E-state index contributed by atoms with van der Waals surface area (Å²) in [6, 6.07) is 13.3. The minimum Gasteiger partial charge on any atom is -0.464 e. The largest absolute Gasteiger partial charge is 0.464 e. The van der Waals surface area contributed by atoms with Gasteiger partial charge in [0.2, 0.25) is 0 Å². The Morgan fingerprint density at radius 2 is 1.68 bits per heavy atom. The molecule has 2 aromatic rings. The van der Waals surface area contributed by atoms with E-state index in [4.69, 9.17) is 4.74 Å². The summed E-state index contributed by atoms with van der Waals surface area (Å²) >= 11 is 0. The zero-order valence-electron chi connectivity index (χ0n) is 17.9. The molecule has 0 aliphatic carbocycles. The Morgan fingerprint density at radius 3 is 2.29 bits per heavy atom. The second-order valence-corrected chi connectivity index (χ2v) is 7.31. The van der Waals surface area contributed by atoms with Crippen molar-refractivity contribution in [1.82, 2.24) is 10.6 Å². The van der Waals surface area contributed by atoms with Crippen LogP contribution in [-0.2, 0) is 14.3 Å². The average molecular weight is 426 g/mol. The summed E-state index contributed by atoms with van der Waals surface area (Å²) < 4.78 is 19.2. The average Bonchev–Trinajstić information content (AvgIpc) is 2.74. The number of hydrogen-bond donors (Lipinski definition) is 2. The van der Waals surface area contributed by atoms with Crippen molar-refractivity contribution in [1.29, 1.82) is 0 Å². The first-order valence-corrected chi connectivity index (χ1v) is 10.1. The summed E-state index contributed by atoms with van der Waals surface area (Å²) in [6.45, 7) is 5.67. The van der Waals surface area contributed by atoms with Crippen LogP contribution in [0.4, 0.5) is 4.39 Å². The fourth-order valence-electron chi connectivity index (χ4n) is 2.85. The number of nitrogens with one attached hydrogen (secondary N) is 2. The zero-order valence-corrected chi connectivity index (χ0v) is 17.9. The maximum Gasteiger partial charge on any atom is 0.328 e. The molecule has 0 heterocycles. The first kappa shape index (κ1) is 23.8. The highest BCUT2D eigenvalue weighted by Crippen LogP contribution is 2.13. The Kier molecular flexibility index (Phi) is 8.94. The van der Waals surface area contributed by atoms with Crippen molar-refractivity contribution >= 4 is 23.9 Å². The molecule has 0 aliphatic rings. The van der Waals surface area contributed by atoms with E-state index in [9.17, 15) is 18.8 Å². The predicted molar refractivity (Wildman–Crippen MR) is 116 cm³/mol. The maximum absolute atomic E-state index is 14.2. The van der Waals surface area contributed by atoms with Crippen LogP contribution in [0.25, 0.3) is 6.08 Å². The Hall–Kier alpha value is -3.48. The Labute approximate surface area is 181 Å². The molecule has 0 saturated carbocycles. The number of esters is 1. The van der Waals surface area contributed by atoms with Crippen molar-refractivity contribution in [2.75, 3.05) is 6.61 Å². The maximum atomic E-state index is 14.2. The van der Waals surface area contributed by atoms with Gasteiger partial charge >= 0.3 is 5.97 Å². The van der Waals surface area contributed by atoms with Gasteiger partial charge in [-0.05, 0) is 43.5 Å². The van der Waals surface area contributed by atoms with Gasteiger partial charge in [-0.2, -0.15) is 0 Å². The van der Waals surface area contributed by atoms with E-state index in [1.165, 1.54) is 24.3 Å². The van der Waals surface area contributed by atoms with Gasteiger partial charge < -0.3 is 15.4 Å². The lowest BCUT2D eigenvalue weighted by molar-refractivity contribution is -0.147. The summed E-state index contributed by atoms with van der Waals surface area (Å²) in [7, 11) is 0. The fraction of sp³-hybridized carbons (Fsp3) is 0.292. The Bertz CT molecular complexity index is 942. The molecule has 0 unspecified atom stereocenters. The first-order valence-electron chi connectivity index (χ1n) is 10.1. The highest BCUT2D eigenvalue weighted by atomic mass is 19.1. The van der Waals surface area contributed by atoms with Gasteiger partial charge in [0.15, 0.2) is 0 Å². The zero-order chi connectivity index (χ0) is 22.8. The van der Waals surface area contributed by atoms with Gasteiger partial charge in [0.25, 0.3) is 11.8 Å². The van der Waals surface area contributed by atoms with Crippen LogP contribution < -0.4 is 10.6 Å². The van der Waals surface area contributed by atoms with Gasteiger partial charge in [0, 0.05) is 11.1 Å². The standard InChI is InChI=1S/C24H27FN2O4/c1-4-31-24(30)21(14-16(2)3)27-23(29)20(15-18-12-8-9-13-19(18)25)26-22(28)17-10-6-5-7-11-17/h5-13,15-16,21H,4,14H2,1-3H3,(H,26,28)(H,27,29)/t21-/m0/s1. The van der Waals surface area contributed by atoms with Crippen LogP contribution in [0.15, 0.2) is 60.3 Å². The number of ether oxygens (including phenoxy) is 1. The van der Waals surface area contributed by atoms with Gasteiger partial charge in [0.05, 0.1) is 6.61 Å². The molecular formula is C24H27FN2O4. The Balaban J connectivity index is 2.34. The molecule has 2 amide bonds. The van der Waals surface area contributed by atoms with Crippen molar-refractivity contribution in [3.63, 3.8) is 0 Å². The van der Waals surface area contributed by atoms with Crippen molar-refractivity contribution < 1.29 is 23.5 Å². The van der Waals surface area contributed by atoms with Gasteiger partial charge in [-0.1, -0.05) is 50.2 Å². The molecule has 0 saturated heterocycles. The number of amides is 2. The number of carbonyl (C=O) groups is 3. The monoisotopic (exact) mass is 426 g/mol. The van der Waals surface area contributed by atoms with Crippen molar-refractivity contribution in [2.45, 2.75) is 33.2 Å². The number of halogens is 1. The van der Waals surface area contributed by atoms with Crippen LogP contribution >= 0.6 is 0 Å². The lowest BCUT2D eigenvalue weighted by atomic mass is 10.0. The summed E-state index contributed by atoms with van der Waals surface area (Å²) in [6.07, 6.45) is 1.59. The van der Waals surface area contributed by atoms with E-state index in [2.05, 4.69) is 10.6 Å². The highest BCUT2D eigenvalue weighted by molar-refractivity contribution is 6.06. The molecule has 2 N–H and O–H groups in total. The summed E-state index contributed by atoms with van der Waals surface area (Å²) in [5.41, 5.74) is 0.272. The minimum atomic E-state index is -0.898.